The lowest BCUT2D eigenvalue weighted by atomic mass is 9.96. The molecule has 0 saturated heterocycles. The van der Waals surface area contributed by atoms with Crippen LogP contribution in [0, 0.1) is 5.41 Å². The minimum absolute atomic E-state index is 0. The molecule has 0 saturated carbocycles. The van der Waals surface area contributed by atoms with E-state index in [9.17, 15) is 9.59 Å². The molecule has 4 N–H and O–H groups in total. The van der Waals surface area contributed by atoms with Gasteiger partial charge in [0.05, 0.1) is 12.6 Å². The smallest absolute Gasteiger partial charge is 0.239 e. The van der Waals surface area contributed by atoms with Crippen molar-refractivity contribution in [2.75, 3.05) is 13.1 Å². The number of nitrogens with one attached hydrogen (secondary N) is 2. The molecule has 136 valence electrons. The normalized spacial score (nSPS) is 12.2. The van der Waals surface area contributed by atoms with Gasteiger partial charge in [0.25, 0.3) is 0 Å². The van der Waals surface area contributed by atoms with Crippen molar-refractivity contribution in [1.82, 2.24) is 10.6 Å². The van der Waals surface area contributed by atoms with Gasteiger partial charge < -0.3 is 16.4 Å². The van der Waals surface area contributed by atoms with Crippen LogP contribution in [0.5, 0.6) is 0 Å². The van der Waals surface area contributed by atoms with E-state index < -0.39 is 5.41 Å². The molecule has 2 aromatic carbocycles. The summed E-state index contributed by atoms with van der Waals surface area (Å²) in [4.78, 5) is 23.9. The lowest BCUT2D eigenvalue weighted by Gasteiger charge is -2.20. The number of nitrogens with two attached hydrogens (primary N) is 1. The second-order valence-corrected chi connectivity index (χ2v) is 6.90. The SMILES string of the molecule is CC(C)(C)C(=O)NCC(=O)NC(CN)c1ccc2ccccc2c1.Cl. The Balaban J connectivity index is 0.00000312. The third-order valence-electron chi connectivity index (χ3n) is 3.84. The maximum absolute atomic E-state index is 12.1. The standard InChI is InChI=1S/C19H25N3O2.ClH/c1-19(2,3)18(24)21-12-17(23)22-16(11-20)15-9-8-13-6-4-5-7-14(13)10-15;/h4-10,16H,11-12,20H2,1-3H3,(H,21,24)(H,22,23);1H. The Kier molecular flexibility index (Phi) is 7.39. The number of halogens is 1. The summed E-state index contributed by atoms with van der Waals surface area (Å²) in [5.41, 5.74) is 6.25. The first-order chi connectivity index (χ1) is 11.3. The summed E-state index contributed by atoms with van der Waals surface area (Å²) in [7, 11) is 0. The van der Waals surface area contributed by atoms with E-state index in [1.807, 2.05) is 42.5 Å². The van der Waals surface area contributed by atoms with Gasteiger partial charge in [0.2, 0.25) is 11.8 Å². The van der Waals surface area contributed by atoms with Crippen LogP contribution in [0.2, 0.25) is 0 Å². The van der Waals surface area contributed by atoms with E-state index in [2.05, 4.69) is 10.6 Å². The van der Waals surface area contributed by atoms with Crippen LogP contribution in [0.15, 0.2) is 42.5 Å². The van der Waals surface area contributed by atoms with Crippen LogP contribution in [0.4, 0.5) is 0 Å². The Morgan fingerprint density at radius 1 is 1.08 bits per heavy atom. The minimum Gasteiger partial charge on any atom is -0.347 e. The Bertz CT molecular complexity index is 741. The lowest BCUT2D eigenvalue weighted by molar-refractivity contribution is -0.131. The first kappa shape index (κ1) is 20.9. The zero-order valence-corrected chi connectivity index (χ0v) is 15.7. The van der Waals surface area contributed by atoms with Crippen LogP contribution in [-0.4, -0.2) is 24.9 Å². The topological polar surface area (TPSA) is 84.2 Å². The maximum atomic E-state index is 12.1. The Morgan fingerprint density at radius 3 is 2.32 bits per heavy atom. The van der Waals surface area contributed by atoms with E-state index in [0.29, 0.717) is 0 Å². The number of amides is 2. The number of rotatable bonds is 5. The van der Waals surface area contributed by atoms with Crippen molar-refractivity contribution >= 4 is 35.0 Å². The highest BCUT2D eigenvalue weighted by atomic mass is 35.5. The summed E-state index contributed by atoms with van der Waals surface area (Å²) in [5, 5.41) is 7.76. The molecule has 0 bridgehead atoms. The Hall–Kier alpha value is -2.11. The quantitative estimate of drug-likeness (QED) is 0.763. The van der Waals surface area contributed by atoms with Crippen molar-refractivity contribution < 1.29 is 9.59 Å². The third-order valence-corrected chi connectivity index (χ3v) is 3.84. The highest BCUT2D eigenvalue weighted by Gasteiger charge is 2.22. The van der Waals surface area contributed by atoms with Crippen LogP contribution in [-0.2, 0) is 9.59 Å². The van der Waals surface area contributed by atoms with Gasteiger partial charge >= 0.3 is 0 Å². The summed E-state index contributed by atoms with van der Waals surface area (Å²) in [5.74, 6) is -0.413. The molecule has 5 nitrogen and oxygen atoms in total. The van der Waals surface area contributed by atoms with E-state index in [-0.39, 0.29) is 43.4 Å². The van der Waals surface area contributed by atoms with E-state index in [1.165, 1.54) is 0 Å². The van der Waals surface area contributed by atoms with Crippen molar-refractivity contribution in [3.05, 3.63) is 48.0 Å². The molecule has 2 rings (SSSR count). The summed E-state index contributed by atoms with van der Waals surface area (Å²) >= 11 is 0. The van der Waals surface area contributed by atoms with Crippen molar-refractivity contribution in [2.45, 2.75) is 26.8 Å². The fourth-order valence-corrected chi connectivity index (χ4v) is 2.37. The van der Waals surface area contributed by atoms with Crippen LogP contribution in [0.3, 0.4) is 0 Å². The maximum Gasteiger partial charge on any atom is 0.239 e. The first-order valence-electron chi connectivity index (χ1n) is 8.07. The Labute approximate surface area is 154 Å². The molecule has 0 aliphatic heterocycles. The average Bonchev–Trinajstić information content (AvgIpc) is 2.56. The van der Waals surface area contributed by atoms with Crippen LogP contribution < -0.4 is 16.4 Å². The fraction of sp³-hybridized carbons (Fsp3) is 0.368. The van der Waals surface area contributed by atoms with Gasteiger partial charge in [-0.2, -0.15) is 0 Å². The van der Waals surface area contributed by atoms with Gasteiger partial charge in [0.1, 0.15) is 0 Å². The zero-order chi connectivity index (χ0) is 17.7. The summed E-state index contributed by atoms with van der Waals surface area (Å²) < 4.78 is 0. The van der Waals surface area contributed by atoms with Gasteiger partial charge in [-0.25, -0.2) is 0 Å². The van der Waals surface area contributed by atoms with Crippen LogP contribution in [0.25, 0.3) is 10.8 Å². The van der Waals surface area contributed by atoms with Gasteiger partial charge in [-0.1, -0.05) is 57.2 Å². The number of benzene rings is 2. The predicted molar refractivity (Wildman–Crippen MR) is 104 cm³/mol. The van der Waals surface area contributed by atoms with Crippen molar-refractivity contribution in [1.29, 1.82) is 0 Å². The zero-order valence-electron chi connectivity index (χ0n) is 14.8. The lowest BCUT2D eigenvalue weighted by Crippen LogP contribution is -2.43. The number of carbonyl (C=O) groups excluding carboxylic acids is 2. The Morgan fingerprint density at radius 2 is 1.72 bits per heavy atom. The molecule has 6 heteroatoms. The molecule has 0 aliphatic rings. The molecule has 0 aliphatic carbocycles. The van der Waals surface area contributed by atoms with Gasteiger partial charge in [-0.15, -0.1) is 12.4 Å². The molecule has 0 fully saturated rings. The van der Waals surface area contributed by atoms with Gasteiger partial charge in [-0.05, 0) is 22.4 Å². The monoisotopic (exact) mass is 363 g/mol. The second-order valence-electron chi connectivity index (χ2n) is 6.90. The molecule has 2 amide bonds. The molecule has 0 heterocycles. The molecule has 0 aromatic heterocycles. The molecule has 0 radical (unpaired) electrons. The highest BCUT2D eigenvalue weighted by Crippen LogP contribution is 2.20. The molecule has 1 unspecified atom stereocenters. The molecule has 1 atom stereocenters. The number of hydrogen-bond acceptors (Lipinski definition) is 3. The number of fused-ring (bicyclic) bond motifs is 1. The molecular weight excluding hydrogens is 338 g/mol. The summed E-state index contributed by atoms with van der Waals surface area (Å²) in [6.07, 6.45) is 0. The van der Waals surface area contributed by atoms with Crippen molar-refractivity contribution in [2.24, 2.45) is 11.1 Å². The van der Waals surface area contributed by atoms with E-state index in [4.69, 9.17) is 5.73 Å². The molecule has 25 heavy (non-hydrogen) atoms. The predicted octanol–water partition coefficient (Wildman–Crippen LogP) is 2.54. The van der Waals surface area contributed by atoms with Crippen LogP contribution >= 0.6 is 12.4 Å². The van der Waals surface area contributed by atoms with Crippen molar-refractivity contribution in [3.8, 4) is 0 Å². The highest BCUT2D eigenvalue weighted by molar-refractivity contribution is 5.87. The van der Waals surface area contributed by atoms with Gasteiger partial charge in [0.15, 0.2) is 0 Å². The molecule has 2 aromatic rings. The van der Waals surface area contributed by atoms with E-state index in [1.54, 1.807) is 20.8 Å². The third kappa shape index (κ3) is 5.73. The molecule has 0 spiro atoms. The van der Waals surface area contributed by atoms with Crippen molar-refractivity contribution in [3.63, 3.8) is 0 Å². The minimum atomic E-state index is -0.522. The van der Waals surface area contributed by atoms with Crippen LogP contribution in [0.1, 0.15) is 32.4 Å². The first-order valence-corrected chi connectivity index (χ1v) is 8.07. The number of carbonyl (C=O) groups is 2. The largest absolute Gasteiger partial charge is 0.347 e. The molecular formula is C19H26ClN3O2. The van der Waals surface area contributed by atoms with E-state index >= 15 is 0 Å². The summed E-state index contributed by atoms with van der Waals surface area (Å²) in [6.45, 7) is 5.64. The number of hydrogen-bond donors (Lipinski definition) is 3. The van der Waals surface area contributed by atoms with E-state index in [0.717, 1.165) is 16.3 Å². The average molecular weight is 364 g/mol. The van der Waals surface area contributed by atoms with Gasteiger partial charge in [0, 0.05) is 12.0 Å². The fourth-order valence-electron chi connectivity index (χ4n) is 2.37. The summed E-state index contributed by atoms with van der Waals surface area (Å²) in [6, 6.07) is 13.8. The van der Waals surface area contributed by atoms with Gasteiger partial charge in [-0.3, -0.25) is 9.59 Å². The second kappa shape index (κ2) is 8.83.